The summed E-state index contributed by atoms with van der Waals surface area (Å²) >= 11 is 0. The number of halogens is 1. The molecule has 0 unspecified atom stereocenters. The van der Waals surface area contributed by atoms with Gasteiger partial charge in [0.05, 0.1) is 0 Å². The van der Waals surface area contributed by atoms with Gasteiger partial charge < -0.3 is 10.2 Å². The Bertz CT molecular complexity index is 762. The first kappa shape index (κ1) is 16.1. The maximum Gasteiger partial charge on any atom is 0.253 e. The highest BCUT2D eigenvalue weighted by Gasteiger charge is 2.26. The van der Waals surface area contributed by atoms with E-state index in [2.05, 4.69) is 5.32 Å². The Balaban J connectivity index is 1.36. The minimum atomic E-state index is -0.112. The number of amides is 1. The fourth-order valence-corrected chi connectivity index (χ4v) is 3.43. The van der Waals surface area contributed by atoms with Crippen LogP contribution in [0.3, 0.4) is 0 Å². The largest absolute Gasteiger partial charge is 0.381 e. The van der Waals surface area contributed by atoms with Crippen LogP contribution in [0.4, 0.5) is 10.1 Å². The highest BCUT2D eigenvalue weighted by molar-refractivity contribution is 5.94. The second-order valence-electron chi connectivity index (χ2n) is 7.06. The van der Waals surface area contributed by atoms with Gasteiger partial charge in [-0.2, -0.15) is 0 Å². The summed E-state index contributed by atoms with van der Waals surface area (Å²) in [7, 11) is 0. The average Bonchev–Trinajstić information content (AvgIpc) is 3.32. The van der Waals surface area contributed by atoms with Crippen molar-refractivity contribution < 1.29 is 9.18 Å². The van der Waals surface area contributed by atoms with Crippen LogP contribution in [0.2, 0.25) is 0 Å². The summed E-state index contributed by atoms with van der Waals surface area (Å²) in [5, 5.41) is 3.26. The lowest BCUT2D eigenvalue weighted by atomic mass is 10.1. The van der Waals surface area contributed by atoms with Crippen molar-refractivity contribution >= 4 is 11.6 Å². The lowest BCUT2D eigenvalue weighted by Crippen LogP contribution is -2.27. The van der Waals surface area contributed by atoms with E-state index in [0.717, 1.165) is 61.2 Å². The minimum absolute atomic E-state index is 0.112. The molecule has 0 atom stereocenters. The monoisotopic (exact) mass is 338 g/mol. The molecule has 0 bridgehead atoms. The van der Waals surface area contributed by atoms with Crippen molar-refractivity contribution in [2.75, 3.05) is 18.4 Å². The Morgan fingerprint density at radius 3 is 2.44 bits per heavy atom. The van der Waals surface area contributed by atoms with Crippen LogP contribution in [0.25, 0.3) is 0 Å². The van der Waals surface area contributed by atoms with Crippen molar-refractivity contribution in [3.8, 4) is 0 Å². The van der Waals surface area contributed by atoms with Crippen LogP contribution in [0.5, 0.6) is 0 Å². The average molecular weight is 338 g/mol. The van der Waals surface area contributed by atoms with E-state index in [1.165, 1.54) is 0 Å². The van der Waals surface area contributed by atoms with Gasteiger partial charge in [0.15, 0.2) is 0 Å². The zero-order valence-corrected chi connectivity index (χ0v) is 14.3. The summed E-state index contributed by atoms with van der Waals surface area (Å²) in [5.74, 6) is 0.434. The van der Waals surface area contributed by atoms with Crippen LogP contribution in [0, 0.1) is 5.82 Å². The standard InChI is InChI=1S/C21H23FN2O/c22-20-13-18(9-10-19(20)16-7-8-16)23-14-15-3-5-17(6-4-15)21(25)24-11-1-2-12-24/h3-6,9-10,13,16,23H,1-2,7-8,11-12,14H2. The number of benzene rings is 2. The summed E-state index contributed by atoms with van der Waals surface area (Å²) < 4.78 is 14.1. The van der Waals surface area contributed by atoms with Crippen LogP contribution in [0.1, 0.15) is 53.1 Å². The van der Waals surface area contributed by atoms with Crippen molar-refractivity contribution in [2.45, 2.75) is 38.1 Å². The molecule has 4 heteroatoms. The van der Waals surface area contributed by atoms with Gasteiger partial charge in [0.25, 0.3) is 5.91 Å². The maximum absolute atomic E-state index is 14.1. The van der Waals surface area contributed by atoms with Gasteiger partial charge in [-0.1, -0.05) is 18.2 Å². The van der Waals surface area contributed by atoms with Crippen molar-refractivity contribution in [1.82, 2.24) is 4.90 Å². The normalized spacial score (nSPS) is 16.9. The Morgan fingerprint density at radius 2 is 1.80 bits per heavy atom. The smallest absolute Gasteiger partial charge is 0.253 e. The number of carbonyl (C=O) groups is 1. The van der Waals surface area contributed by atoms with Crippen molar-refractivity contribution in [3.05, 3.63) is 65.0 Å². The van der Waals surface area contributed by atoms with Gasteiger partial charge in [0.1, 0.15) is 5.82 Å². The van der Waals surface area contributed by atoms with Crippen LogP contribution >= 0.6 is 0 Å². The summed E-state index contributed by atoms with van der Waals surface area (Å²) in [6.07, 6.45) is 4.41. The fraction of sp³-hybridized carbons (Fsp3) is 0.381. The lowest BCUT2D eigenvalue weighted by Gasteiger charge is -2.15. The molecule has 4 rings (SSSR count). The molecular formula is C21H23FN2O. The molecular weight excluding hydrogens is 315 g/mol. The molecule has 1 saturated heterocycles. The molecule has 3 nitrogen and oxygen atoms in total. The Labute approximate surface area is 147 Å². The molecule has 0 aromatic heterocycles. The van der Waals surface area contributed by atoms with Gasteiger partial charge in [0, 0.05) is 30.9 Å². The van der Waals surface area contributed by atoms with Gasteiger partial charge in [-0.15, -0.1) is 0 Å². The van der Waals surface area contributed by atoms with Gasteiger partial charge >= 0.3 is 0 Å². The van der Waals surface area contributed by atoms with E-state index in [1.807, 2.05) is 41.3 Å². The predicted octanol–water partition coefficient (Wildman–Crippen LogP) is 4.55. The van der Waals surface area contributed by atoms with E-state index in [0.29, 0.717) is 12.5 Å². The second kappa shape index (κ2) is 6.87. The van der Waals surface area contributed by atoms with E-state index in [9.17, 15) is 9.18 Å². The van der Waals surface area contributed by atoms with E-state index < -0.39 is 0 Å². The van der Waals surface area contributed by atoms with E-state index in [1.54, 1.807) is 6.07 Å². The van der Waals surface area contributed by atoms with Crippen molar-refractivity contribution in [2.24, 2.45) is 0 Å². The maximum atomic E-state index is 14.1. The molecule has 130 valence electrons. The first-order valence-corrected chi connectivity index (χ1v) is 9.12. The topological polar surface area (TPSA) is 32.3 Å². The number of hydrogen-bond acceptors (Lipinski definition) is 2. The number of nitrogens with one attached hydrogen (secondary N) is 1. The summed E-state index contributed by atoms with van der Waals surface area (Å²) in [5.41, 5.74) is 3.45. The molecule has 25 heavy (non-hydrogen) atoms. The number of rotatable bonds is 5. The van der Waals surface area contributed by atoms with Gasteiger partial charge in [0.2, 0.25) is 0 Å². The molecule has 1 N–H and O–H groups in total. The van der Waals surface area contributed by atoms with Gasteiger partial charge in [-0.25, -0.2) is 4.39 Å². The second-order valence-corrected chi connectivity index (χ2v) is 7.06. The molecule has 0 radical (unpaired) electrons. The highest BCUT2D eigenvalue weighted by Crippen LogP contribution is 2.41. The molecule has 2 fully saturated rings. The number of hydrogen-bond donors (Lipinski definition) is 1. The summed E-state index contributed by atoms with van der Waals surface area (Å²) in [6.45, 7) is 2.34. The summed E-state index contributed by atoms with van der Waals surface area (Å²) in [4.78, 5) is 14.2. The van der Waals surface area contributed by atoms with Crippen LogP contribution in [-0.2, 0) is 6.54 Å². The fourth-order valence-electron chi connectivity index (χ4n) is 3.43. The molecule has 2 aromatic carbocycles. The lowest BCUT2D eigenvalue weighted by molar-refractivity contribution is 0.0793. The molecule has 1 heterocycles. The van der Waals surface area contributed by atoms with E-state index in [4.69, 9.17) is 0 Å². The van der Waals surface area contributed by atoms with Gasteiger partial charge in [-0.05, 0) is 67.0 Å². The predicted molar refractivity (Wildman–Crippen MR) is 97.3 cm³/mol. The first-order chi connectivity index (χ1) is 12.2. The van der Waals surface area contributed by atoms with Crippen LogP contribution in [0.15, 0.2) is 42.5 Å². The summed E-state index contributed by atoms with van der Waals surface area (Å²) in [6, 6.07) is 13.1. The SMILES string of the molecule is O=C(c1ccc(CNc2ccc(C3CC3)c(F)c2)cc1)N1CCCC1. The highest BCUT2D eigenvalue weighted by atomic mass is 19.1. The number of carbonyl (C=O) groups excluding carboxylic acids is 1. The van der Waals surface area contributed by atoms with Crippen LogP contribution in [-0.4, -0.2) is 23.9 Å². The Kier molecular flexibility index (Phi) is 4.43. The Morgan fingerprint density at radius 1 is 1.08 bits per heavy atom. The zero-order chi connectivity index (χ0) is 17.2. The van der Waals surface area contributed by atoms with Crippen molar-refractivity contribution in [1.29, 1.82) is 0 Å². The number of nitrogens with zero attached hydrogens (tertiary/aromatic N) is 1. The third kappa shape index (κ3) is 3.68. The first-order valence-electron chi connectivity index (χ1n) is 9.12. The Hall–Kier alpha value is -2.36. The third-order valence-corrected chi connectivity index (χ3v) is 5.11. The van der Waals surface area contributed by atoms with Crippen molar-refractivity contribution in [3.63, 3.8) is 0 Å². The minimum Gasteiger partial charge on any atom is -0.381 e. The number of anilines is 1. The van der Waals surface area contributed by atoms with Crippen LogP contribution < -0.4 is 5.32 Å². The molecule has 2 aliphatic rings. The molecule has 1 aliphatic carbocycles. The number of likely N-dealkylation sites (tertiary alicyclic amines) is 1. The molecule has 1 aliphatic heterocycles. The quantitative estimate of drug-likeness (QED) is 0.867. The third-order valence-electron chi connectivity index (χ3n) is 5.11. The zero-order valence-electron chi connectivity index (χ0n) is 14.3. The molecule has 0 spiro atoms. The van der Waals surface area contributed by atoms with Gasteiger partial charge in [-0.3, -0.25) is 4.79 Å². The van der Waals surface area contributed by atoms with E-state index in [-0.39, 0.29) is 11.7 Å². The molecule has 2 aromatic rings. The molecule has 1 saturated carbocycles. The van der Waals surface area contributed by atoms with E-state index >= 15 is 0 Å². The molecule has 1 amide bonds.